The highest BCUT2D eigenvalue weighted by Gasteiger charge is 2.34. The van der Waals surface area contributed by atoms with Crippen molar-refractivity contribution in [1.82, 2.24) is 0 Å². The highest BCUT2D eigenvalue weighted by molar-refractivity contribution is 5.52. The summed E-state index contributed by atoms with van der Waals surface area (Å²) < 4.78 is 37.4. The maximum absolute atomic E-state index is 12.5. The molecule has 2 nitrogen and oxygen atoms in total. The highest BCUT2D eigenvalue weighted by atomic mass is 19.4. The number of hydrogen-bond donors (Lipinski definition) is 0. The maximum Gasteiger partial charge on any atom is 0.412 e. The van der Waals surface area contributed by atoms with Gasteiger partial charge in [0.05, 0.1) is 11.6 Å². The molecule has 1 aromatic rings. The normalized spacial score (nSPS) is 16.1. The minimum Gasteiger partial charge on any atom is -0.367 e. The average molecular weight is 252 g/mol. The molecule has 0 aliphatic carbocycles. The van der Waals surface area contributed by atoms with E-state index in [9.17, 15) is 13.2 Å². The molecule has 5 heteroatoms. The smallest absolute Gasteiger partial charge is 0.367 e. The van der Waals surface area contributed by atoms with Crippen LogP contribution in [0.15, 0.2) is 35.9 Å². The molecule has 0 bridgehead atoms. The number of benzene rings is 1. The SMILES string of the molecule is N#Cc1cccc(N2CC=C(C(F)(F)F)CC2)c1. The molecule has 1 aliphatic heterocycles. The first-order valence-electron chi connectivity index (χ1n) is 5.52. The minimum atomic E-state index is -4.22. The molecule has 0 saturated carbocycles. The molecule has 0 spiro atoms. The zero-order valence-electron chi connectivity index (χ0n) is 9.54. The van der Waals surface area contributed by atoms with Crippen LogP contribution in [0.25, 0.3) is 0 Å². The van der Waals surface area contributed by atoms with Crippen LogP contribution in [0.4, 0.5) is 18.9 Å². The van der Waals surface area contributed by atoms with E-state index in [1.54, 1.807) is 24.3 Å². The van der Waals surface area contributed by atoms with Crippen LogP contribution in [0.1, 0.15) is 12.0 Å². The van der Waals surface area contributed by atoms with E-state index in [2.05, 4.69) is 0 Å². The van der Waals surface area contributed by atoms with Crippen molar-refractivity contribution in [3.05, 3.63) is 41.5 Å². The molecule has 0 fully saturated rings. The Balaban J connectivity index is 2.15. The van der Waals surface area contributed by atoms with Gasteiger partial charge >= 0.3 is 6.18 Å². The van der Waals surface area contributed by atoms with Gasteiger partial charge in [0.15, 0.2) is 0 Å². The highest BCUT2D eigenvalue weighted by Crippen LogP contribution is 2.31. The molecule has 0 unspecified atom stereocenters. The van der Waals surface area contributed by atoms with Gasteiger partial charge in [-0.3, -0.25) is 0 Å². The molecule has 94 valence electrons. The van der Waals surface area contributed by atoms with Crippen molar-refractivity contribution < 1.29 is 13.2 Å². The Hall–Kier alpha value is -1.96. The van der Waals surface area contributed by atoms with Gasteiger partial charge in [0, 0.05) is 24.4 Å². The third-order valence-corrected chi connectivity index (χ3v) is 2.91. The second-order valence-electron chi connectivity index (χ2n) is 4.09. The van der Waals surface area contributed by atoms with E-state index in [-0.39, 0.29) is 13.0 Å². The third kappa shape index (κ3) is 2.65. The van der Waals surface area contributed by atoms with Crippen molar-refractivity contribution in [3.8, 4) is 6.07 Å². The first kappa shape index (κ1) is 12.5. The predicted octanol–water partition coefficient (Wildman–Crippen LogP) is 3.26. The summed E-state index contributed by atoms with van der Waals surface area (Å²) in [6, 6.07) is 8.91. The van der Waals surface area contributed by atoms with Crippen LogP contribution >= 0.6 is 0 Å². The Morgan fingerprint density at radius 2 is 2.06 bits per heavy atom. The van der Waals surface area contributed by atoms with Crippen molar-refractivity contribution in [2.75, 3.05) is 18.0 Å². The number of hydrogen-bond acceptors (Lipinski definition) is 2. The lowest BCUT2D eigenvalue weighted by Gasteiger charge is -2.29. The fourth-order valence-corrected chi connectivity index (χ4v) is 1.93. The zero-order chi connectivity index (χ0) is 13.2. The van der Waals surface area contributed by atoms with E-state index in [0.717, 1.165) is 5.69 Å². The summed E-state index contributed by atoms with van der Waals surface area (Å²) in [7, 11) is 0. The van der Waals surface area contributed by atoms with Crippen LogP contribution in [0.3, 0.4) is 0 Å². The standard InChI is InChI=1S/C13H11F3N2/c14-13(15,16)11-4-6-18(7-5-11)12-3-1-2-10(8-12)9-17/h1-4,8H,5-7H2. The largest absolute Gasteiger partial charge is 0.412 e. The molecule has 0 radical (unpaired) electrons. The van der Waals surface area contributed by atoms with Gasteiger partial charge in [-0.1, -0.05) is 12.1 Å². The Bertz CT molecular complexity index is 512. The molecule has 0 saturated heterocycles. The van der Waals surface area contributed by atoms with Crippen molar-refractivity contribution in [1.29, 1.82) is 5.26 Å². The van der Waals surface area contributed by atoms with Gasteiger partial charge in [-0.05, 0) is 24.6 Å². The van der Waals surface area contributed by atoms with Crippen LogP contribution < -0.4 is 4.90 Å². The van der Waals surface area contributed by atoms with E-state index < -0.39 is 11.7 Å². The summed E-state index contributed by atoms with van der Waals surface area (Å²) in [4.78, 5) is 1.83. The second kappa shape index (κ2) is 4.73. The molecular formula is C13H11F3N2. The summed E-state index contributed by atoms with van der Waals surface area (Å²) in [5, 5.41) is 8.78. The van der Waals surface area contributed by atoms with Crippen LogP contribution in [0.2, 0.25) is 0 Å². The fourth-order valence-electron chi connectivity index (χ4n) is 1.93. The minimum absolute atomic E-state index is 0.0136. The summed E-state index contributed by atoms with van der Waals surface area (Å²) >= 11 is 0. The fraction of sp³-hybridized carbons (Fsp3) is 0.308. The number of halogens is 3. The summed E-state index contributed by atoms with van der Waals surface area (Å²) in [5.41, 5.74) is 0.833. The van der Waals surface area contributed by atoms with Crippen LogP contribution in [0, 0.1) is 11.3 Å². The molecule has 0 N–H and O–H groups in total. The summed E-state index contributed by atoms with van der Waals surface area (Å²) in [6.45, 7) is 0.546. The average Bonchev–Trinajstić information content (AvgIpc) is 2.38. The van der Waals surface area contributed by atoms with E-state index in [1.165, 1.54) is 6.08 Å². The van der Waals surface area contributed by atoms with Gasteiger partial charge in [0.25, 0.3) is 0 Å². The monoisotopic (exact) mass is 252 g/mol. The molecule has 0 atom stereocenters. The van der Waals surface area contributed by atoms with E-state index in [1.807, 2.05) is 11.0 Å². The number of alkyl halides is 3. The van der Waals surface area contributed by atoms with Gasteiger partial charge in [0.2, 0.25) is 0 Å². The Morgan fingerprint density at radius 1 is 1.28 bits per heavy atom. The molecule has 1 aromatic carbocycles. The molecule has 0 aromatic heterocycles. The Morgan fingerprint density at radius 3 is 2.61 bits per heavy atom. The number of rotatable bonds is 1. The molecule has 1 aliphatic rings. The Labute approximate surface area is 103 Å². The van der Waals surface area contributed by atoms with E-state index in [4.69, 9.17) is 5.26 Å². The van der Waals surface area contributed by atoms with Crippen molar-refractivity contribution in [2.24, 2.45) is 0 Å². The number of anilines is 1. The first-order valence-corrected chi connectivity index (χ1v) is 5.52. The maximum atomic E-state index is 12.5. The first-order chi connectivity index (χ1) is 8.50. The van der Waals surface area contributed by atoms with Crippen molar-refractivity contribution in [3.63, 3.8) is 0 Å². The van der Waals surface area contributed by atoms with Gasteiger partial charge in [0.1, 0.15) is 0 Å². The lowest BCUT2D eigenvalue weighted by molar-refractivity contribution is -0.0943. The van der Waals surface area contributed by atoms with E-state index >= 15 is 0 Å². The predicted molar refractivity (Wildman–Crippen MR) is 62.1 cm³/mol. The lowest BCUT2D eigenvalue weighted by atomic mass is 10.1. The zero-order valence-corrected chi connectivity index (χ0v) is 9.54. The van der Waals surface area contributed by atoms with Crippen LogP contribution in [-0.2, 0) is 0 Å². The number of nitriles is 1. The van der Waals surface area contributed by atoms with Crippen LogP contribution in [0.5, 0.6) is 0 Å². The van der Waals surface area contributed by atoms with Gasteiger partial charge < -0.3 is 4.90 Å². The number of nitrogens with zero attached hydrogens (tertiary/aromatic N) is 2. The molecule has 18 heavy (non-hydrogen) atoms. The third-order valence-electron chi connectivity index (χ3n) is 2.91. The molecular weight excluding hydrogens is 241 g/mol. The molecule has 1 heterocycles. The summed E-state index contributed by atoms with van der Waals surface area (Å²) in [6.07, 6.45) is -3.02. The topological polar surface area (TPSA) is 27.0 Å². The van der Waals surface area contributed by atoms with Gasteiger partial charge in [-0.2, -0.15) is 18.4 Å². The quantitative estimate of drug-likeness (QED) is 0.717. The van der Waals surface area contributed by atoms with Gasteiger partial charge in [-0.25, -0.2) is 0 Å². The second-order valence-corrected chi connectivity index (χ2v) is 4.09. The van der Waals surface area contributed by atoms with Gasteiger partial charge in [-0.15, -0.1) is 0 Å². The summed E-state index contributed by atoms with van der Waals surface area (Å²) in [5.74, 6) is 0. The Kier molecular flexibility index (Phi) is 3.28. The van der Waals surface area contributed by atoms with E-state index in [0.29, 0.717) is 12.1 Å². The van der Waals surface area contributed by atoms with Crippen molar-refractivity contribution in [2.45, 2.75) is 12.6 Å². The van der Waals surface area contributed by atoms with Crippen molar-refractivity contribution >= 4 is 5.69 Å². The molecule has 0 amide bonds. The van der Waals surface area contributed by atoms with Crippen LogP contribution in [-0.4, -0.2) is 19.3 Å². The lowest BCUT2D eigenvalue weighted by Crippen LogP contribution is -2.31. The molecule has 2 rings (SSSR count).